The van der Waals surface area contributed by atoms with E-state index < -0.39 is 8.32 Å². The average molecular weight is 379 g/mol. The molecule has 3 heteroatoms. The first-order chi connectivity index (χ1) is 13.0. The zero-order valence-corrected chi connectivity index (χ0v) is 17.6. The maximum atomic E-state index is 8.68. The second-order valence-electron chi connectivity index (χ2n) is 7.50. The van der Waals surface area contributed by atoms with Crippen molar-refractivity contribution in [2.75, 3.05) is 13.2 Å². The minimum atomic E-state index is -2.44. The highest BCUT2D eigenvalue weighted by Crippen LogP contribution is 2.36. The van der Waals surface area contributed by atoms with Crippen LogP contribution in [0.2, 0.25) is 5.04 Å². The summed E-state index contributed by atoms with van der Waals surface area (Å²) < 4.78 is 6.77. The van der Waals surface area contributed by atoms with E-state index in [2.05, 4.69) is 105 Å². The zero-order valence-electron chi connectivity index (χ0n) is 16.6. The number of aliphatic hydroxyl groups is 1. The van der Waals surface area contributed by atoms with Crippen LogP contribution >= 0.6 is 0 Å². The Kier molecular flexibility index (Phi) is 8.06. The maximum absolute atomic E-state index is 8.68. The Morgan fingerprint density at radius 2 is 1.44 bits per heavy atom. The van der Waals surface area contributed by atoms with E-state index in [-0.39, 0.29) is 11.6 Å². The molecule has 0 aliphatic heterocycles. The van der Waals surface area contributed by atoms with Crippen LogP contribution in [-0.2, 0) is 4.43 Å². The molecule has 1 N–H and O–H groups in total. The zero-order chi connectivity index (χ0) is 19.6. The lowest BCUT2D eigenvalue weighted by molar-refractivity contribution is 0.339. The largest absolute Gasteiger partial charge is 0.404 e. The summed E-state index contributed by atoms with van der Waals surface area (Å²) in [6.45, 7) is 7.37. The third-order valence-corrected chi connectivity index (χ3v) is 9.62. The molecule has 0 unspecified atom stereocenters. The van der Waals surface area contributed by atoms with Crippen LogP contribution < -0.4 is 10.4 Å². The van der Waals surface area contributed by atoms with Crippen LogP contribution in [-0.4, -0.2) is 26.6 Å². The predicted octanol–water partition coefficient (Wildman–Crippen LogP) is 3.90. The summed E-state index contributed by atoms with van der Waals surface area (Å²) in [5, 5.41) is 11.3. The normalized spacial score (nSPS) is 12.0. The van der Waals surface area contributed by atoms with Crippen LogP contribution in [0.5, 0.6) is 0 Å². The van der Waals surface area contributed by atoms with Crippen molar-refractivity contribution in [1.82, 2.24) is 0 Å². The van der Waals surface area contributed by atoms with Gasteiger partial charge in [0.2, 0.25) is 0 Å². The summed E-state index contributed by atoms with van der Waals surface area (Å²) in [5.74, 6) is 5.61. The molecule has 0 saturated carbocycles. The van der Waals surface area contributed by atoms with Gasteiger partial charge < -0.3 is 9.53 Å². The molecule has 0 radical (unpaired) electrons. The van der Waals surface area contributed by atoms with E-state index in [1.807, 2.05) is 0 Å². The van der Waals surface area contributed by atoms with Crippen LogP contribution in [0.25, 0.3) is 0 Å². The van der Waals surface area contributed by atoms with Gasteiger partial charge in [-0.15, -0.1) is 5.92 Å². The first-order valence-electron chi connectivity index (χ1n) is 9.49. The van der Waals surface area contributed by atoms with Crippen molar-refractivity contribution in [3.8, 4) is 11.8 Å². The van der Waals surface area contributed by atoms with E-state index in [0.717, 1.165) is 12.8 Å². The van der Waals surface area contributed by atoms with Crippen molar-refractivity contribution < 1.29 is 9.53 Å². The van der Waals surface area contributed by atoms with Gasteiger partial charge in [-0.05, 0) is 21.8 Å². The Labute approximate surface area is 165 Å². The fraction of sp³-hybridized carbons (Fsp3) is 0.333. The molecule has 0 fully saturated rings. The van der Waals surface area contributed by atoms with Crippen molar-refractivity contribution in [2.45, 2.75) is 38.7 Å². The molecule has 2 rings (SSSR count). The summed E-state index contributed by atoms with van der Waals surface area (Å²) >= 11 is 0. The maximum Gasteiger partial charge on any atom is 0.261 e. The second kappa shape index (κ2) is 10.3. The lowest BCUT2D eigenvalue weighted by Gasteiger charge is -2.42. The van der Waals surface area contributed by atoms with Crippen molar-refractivity contribution >= 4 is 18.7 Å². The van der Waals surface area contributed by atoms with Crippen LogP contribution in [0.3, 0.4) is 0 Å². The van der Waals surface area contributed by atoms with Gasteiger partial charge in [0.1, 0.15) is 6.61 Å². The molecule has 2 aromatic rings. The number of unbranched alkanes of at least 4 members (excludes halogenated alkanes) is 1. The van der Waals surface area contributed by atoms with Crippen molar-refractivity contribution in [3.05, 3.63) is 72.8 Å². The first-order valence-corrected chi connectivity index (χ1v) is 11.4. The number of aliphatic hydroxyl groups excluding tert-OH is 1. The van der Waals surface area contributed by atoms with E-state index in [1.165, 1.54) is 10.4 Å². The molecule has 0 amide bonds. The summed E-state index contributed by atoms with van der Waals surface area (Å²) in [6, 6.07) is 21.4. The van der Waals surface area contributed by atoms with Crippen LogP contribution in [0, 0.1) is 11.8 Å². The Balaban J connectivity index is 2.29. The first kappa shape index (κ1) is 21.2. The SMILES string of the molecule is CC(C)(C)[Si](OC/C=C\CCC#CCO)(c1ccccc1)c1ccccc1. The minimum absolute atomic E-state index is 0.00382. The minimum Gasteiger partial charge on any atom is -0.404 e. The molecular formula is C24H30O2Si. The third-order valence-electron chi connectivity index (χ3n) is 4.62. The Morgan fingerprint density at radius 1 is 0.889 bits per heavy atom. The quantitative estimate of drug-likeness (QED) is 0.343. The Hall–Kier alpha value is -2.12. The van der Waals surface area contributed by atoms with Crippen molar-refractivity contribution in [1.29, 1.82) is 0 Å². The van der Waals surface area contributed by atoms with Gasteiger partial charge in [-0.25, -0.2) is 0 Å². The molecule has 0 aliphatic rings. The van der Waals surface area contributed by atoms with Gasteiger partial charge >= 0.3 is 0 Å². The van der Waals surface area contributed by atoms with E-state index in [1.54, 1.807) is 0 Å². The number of rotatable bonds is 7. The molecule has 2 aromatic carbocycles. The lowest BCUT2D eigenvalue weighted by Crippen LogP contribution is -2.66. The third kappa shape index (κ3) is 5.43. The topological polar surface area (TPSA) is 29.5 Å². The molecule has 142 valence electrons. The number of hydrogen-bond acceptors (Lipinski definition) is 2. The molecule has 0 bridgehead atoms. The van der Waals surface area contributed by atoms with Crippen LogP contribution in [0.15, 0.2) is 72.8 Å². The standard InChI is InChI=1S/C24H30O2Si/c1-24(2,3)27(22-16-10-8-11-17-22,23-18-12-9-13-19-23)26-21-15-7-5-4-6-14-20-25/h7-13,15-19,25H,4-5,20-21H2,1-3H3/b15-7-. The average Bonchev–Trinajstić information content (AvgIpc) is 2.67. The molecule has 0 heterocycles. The highest BCUT2D eigenvalue weighted by Gasteiger charge is 2.49. The summed E-state index contributed by atoms with van der Waals surface area (Å²) in [7, 11) is -2.44. The number of hydrogen-bond donors (Lipinski definition) is 1. The van der Waals surface area contributed by atoms with E-state index in [9.17, 15) is 0 Å². The van der Waals surface area contributed by atoms with Gasteiger partial charge in [0, 0.05) is 6.42 Å². The Morgan fingerprint density at radius 3 is 1.93 bits per heavy atom. The Bertz CT molecular complexity index is 725. The summed E-state index contributed by atoms with van der Waals surface area (Å²) in [6.07, 6.45) is 5.84. The molecular weight excluding hydrogens is 348 g/mol. The summed E-state index contributed by atoms with van der Waals surface area (Å²) in [5.41, 5.74) is 0. The second-order valence-corrected chi connectivity index (χ2v) is 11.8. The van der Waals surface area contributed by atoms with Gasteiger partial charge in [0.05, 0.1) is 6.61 Å². The van der Waals surface area contributed by atoms with E-state index >= 15 is 0 Å². The summed E-state index contributed by atoms with van der Waals surface area (Å²) in [4.78, 5) is 0. The lowest BCUT2D eigenvalue weighted by atomic mass is 10.2. The highest BCUT2D eigenvalue weighted by molar-refractivity contribution is 6.99. The van der Waals surface area contributed by atoms with Gasteiger partial charge in [-0.3, -0.25) is 0 Å². The van der Waals surface area contributed by atoms with Crippen molar-refractivity contribution in [2.24, 2.45) is 0 Å². The van der Waals surface area contributed by atoms with E-state index in [0.29, 0.717) is 6.61 Å². The van der Waals surface area contributed by atoms with Crippen LogP contribution in [0.4, 0.5) is 0 Å². The van der Waals surface area contributed by atoms with Gasteiger partial charge in [0.25, 0.3) is 8.32 Å². The fourth-order valence-electron chi connectivity index (χ4n) is 3.42. The molecule has 27 heavy (non-hydrogen) atoms. The van der Waals surface area contributed by atoms with Gasteiger partial charge in [-0.1, -0.05) is 99.5 Å². The predicted molar refractivity (Wildman–Crippen MR) is 117 cm³/mol. The van der Waals surface area contributed by atoms with Crippen LogP contribution in [0.1, 0.15) is 33.6 Å². The van der Waals surface area contributed by atoms with Gasteiger partial charge in [-0.2, -0.15) is 0 Å². The van der Waals surface area contributed by atoms with Crippen molar-refractivity contribution in [3.63, 3.8) is 0 Å². The number of allylic oxidation sites excluding steroid dienone is 1. The number of benzene rings is 2. The molecule has 0 saturated heterocycles. The monoisotopic (exact) mass is 378 g/mol. The molecule has 2 nitrogen and oxygen atoms in total. The fourth-order valence-corrected chi connectivity index (χ4v) is 7.92. The smallest absolute Gasteiger partial charge is 0.261 e. The molecule has 0 atom stereocenters. The highest BCUT2D eigenvalue weighted by atomic mass is 28.4. The van der Waals surface area contributed by atoms with E-state index in [4.69, 9.17) is 9.53 Å². The molecule has 0 aromatic heterocycles. The van der Waals surface area contributed by atoms with Gasteiger partial charge in [0.15, 0.2) is 0 Å². The molecule has 0 aliphatic carbocycles. The molecule has 0 spiro atoms.